The first kappa shape index (κ1) is 14.2. The number of nitrogens with one attached hydrogen (secondary N) is 1. The molecule has 2 N–H and O–H groups in total. The van der Waals surface area contributed by atoms with E-state index >= 15 is 0 Å². The van der Waals surface area contributed by atoms with Crippen LogP contribution in [0.5, 0.6) is 0 Å². The fourth-order valence-corrected chi connectivity index (χ4v) is 2.10. The highest BCUT2D eigenvalue weighted by Crippen LogP contribution is 2.26. The van der Waals surface area contributed by atoms with E-state index in [9.17, 15) is 14.9 Å². The van der Waals surface area contributed by atoms with Crippen LogP contribution in [0.25, 0.3) is 0 Å². The highest BCUT2D eigenvalue weighted by Gasteiger charge is 2.26. The molecule has 1 saturated heterocycles. The van der Waals surface area contributed by atoms with Crippen LogP contribution >= 0.6 is 0 Å². The SMILES string of the molecule is CC(Nc1ncc(C(=O)O)cc1[N+](=O)[O-])C1CCOC1. The van der Waals surface area contributed by atoms with Gasteiger partial charge in [0.15, 0.2) is 0 Å². The first-order chi connectivity index (χ1) is 9.49. The van der Waals surface area contributed by atoms with Gasteiger partial charge in [0.2, 0.25) is 5.82 Å². The molecule has 0 saturated carbocycles. The van der Waals surface area contributed by atoms with E-state index in [4.69, 9.17) is 9.84 Å². The number of hydrogen-bond donors (Lipinski definition) is 2. The Morgan fingerprint density at radius 2 is 2.45 bits per heavy atom. The lowest BCUT2D eigenvalue weighted by molar-refractivity contribution is -0.384. The summed E-state index contributed by atoms with van der Waals surface area (Å²) in [5.41, 5.74) is -0.547. The number of anilines is 1. The molecule has 0 amide bonds. The van der Waals surface area contributed by atoms with Crippen molar-refractivity contribution in [3.05, 3.63) is 27.9 Å². The number of nitrogens with zero attached hydrogens (tertiary/aromatic N) is 2. The first-order valence-electron chi connectivity index (χ1n) is 6.21. The summed E-state index contributed by atoms with van der Waals surface area (Å²) in [6, 6.07) is 0.967. The predicted octanol–water partition coefficient (Wildman–Crippen LogP) is 1.52. The maximum atomic E-state index is 11.0. The van der Waals surface area contributed by atoms with E-state index in [0.29, 0.717) is 13.2 Å². The molecule has 1 aliphatic rings. The molecule has 1 aliphatic heterocycles. The first-order valence-corrected chi connectivity index (χ1v) is 6.21. The minimum atomic E-state index is -1.25. The highest BCUT2D eigenvalue weighted by molar-refractivity contribution is 5.88. The van der Waals surface area contributed by atoms with Gasteiger partial charge in [-0.15, -0.1) is 0 Å². The number of rotatable bonds is 5. The number of aromatic carboxylic acids is 1. The zero-order chi connectivity index (χ0) is 14.7. The van der Waals surface area contributed by atoms with Crippen LogP contribution in [0, 0.1) is 16.0 Å². The Balaban J connectivity index is 2.21. The quantitative estimate of drug-likeness (QED) is 0.621. The van der Waals surface area contributed by atoms with E-state index in [0.717, 1.165) is 18.7 Å². The van der Waals surface area contributed by atoms with E-state index in [1.165, 1.54) is 0 Å². The van der Waals surface area contributed by atoms with Gasteiger partial charge in [0.05, 0.1) is 17.1 Å². The lowest BCUT2D eigenvalue weighted by Gasteiger charge is -2.19. The third kappa shape index (κ3) is 3.02. The Kier molecular flexibility index (Phi) is 4.14. The van der Waals surface area contributed by atoms with Gasteiger partial charge in [-0.1, -0.05) is 0 Å². The van der Waals surface area contributed by atoms with Gasteiger partial charge in [-0.3, -0.25) is 10.1 Å². The summed E-state index contributed by atoms with van der Waals surface area (Å²) in [7, 11) is 0. The van der Waals surface area contributed by atoms with Gasteiger partial charge in [0, 0.05) is 30.8 Å². The third-order valence-electron chi connectivity index (χ3n) is 3.35. The van der Waals surface area contributed by atoms with E-state index in [2.05, 4.69) is 10.3 Å². The number of aromatic nitrogens is 1. The molecule has 8 heteroatoms. The molecule has 2 heterocycles. The number of pyridine rings is 1. The third-order valence-corrected chi connectivity index (χ3v) is 3.35. The van der Waals surface area contributed by atoms with Crippen molar-refractivity contribution in [1.29, 1.82) is 0 Å². The van der Waals surface area contributed by atoms with Gasteiger partial charge in [-0.2, -0.15) is 0 Å². The second-order valence-corrected chi connectivity index (χ2v) is 4.71. The average Bonchev–Trinajstić information content (AvgIpc) is 2.92. The van der Waals surface area contributed by atoms with Crippen LogP contribution in [0.3, 0.4) is 0 Å². The van der Waals surface area contributed by atoms with Crippen molar-refractivity contribution < 1.29 is 19.6 Å². The molecule has 108 valence electrons. The Morgan fingerprint density at radius 1 is 1.70 bits per heavy atom. The predicted molar refractivity (Wildman–Crippen MR) is 69.9 cm³/mol. The minimum Gasteiger partial charge on any atom is -0.478 e. The van der Waals surface area contributed by atoms with Crippen LogP contribution in [0.1, 0.15) is 23.7 Å². The monoisotopic (exact) mass is 281 g/mol. The van der Waals surface area contributed by atoms with Crippen LogP contribution in [0.2, 0.25) is 0 Å². The van der Waals surface area contributed by atoms with Gasteiger partial charge in [0.25, 0.3) is 0 Å². The number of carboxylic acids is 1. The van der Waals surface area contributed by atoms with Crippen LogP contribution in [0.4, 0.5) is 11.5 Å². The molecular weight excluding hydrogens is 266 g/mol. The van der Waals surface area contributed by atoms with E-state index < -0.39 is 10.9 Å². The molecule has 2 rings (SSSR count). The molecular formula is C12H15N3O5. The van der Waals surface area contributed by atoms with Crippen molar-refractivity contribution in [2.24, 2.45) is 5.92 Å². The molecule has 0 bridgehead atoms. The molecule has 0 aliphatic carbocycles. The average molecular weight is 281 g/mol. The standard InChI is InChI=1S/C12H15N3O5/c1-7(8-2-3-20-6-8)14-11-10(15(18)19)4-9(5-13-11)12(16)17/h4-5,7-8H,2-3,6H2,1H3,(H,13,14)(H,16,17). The largest absolute Gasteiger partial charge is 0.478 e. The van der Waals surface area contributed by atoms with Gasteiger partial charge in [-0.25, -0.2) is 9.78 Å². The molecule has 1 fully saturated rings. The van der Waals surface area contributed by atoms with Crippen molar-refractivity contribution >= 4 is 17.5 Å². The number of nitro groups is 1. The van der Waals surface area contributed by atoms with Crippen molar-refractivity contribution in [2.75, 3.05) is 18.5 Å². The maximum absolute atomic E-state index is 11.0. The number of carboxylic acid groups (broad SMARTS) is 1. The summed E-state index contributed by atoms with van der Waals surface area (Å²) in [5, 5.41) is 22.8. The molecule has 2 unspecified atom stereocenters. The van der Waals surface area contributed by atoms with Gasteiger partial charge in [0.1, 0.15) is 0 Å². The fraction of sp³-hybridized carbons (Fsp3) is 0.500. The van der Waals surface area contributed by atoms with Crippen LogP contribution in [-0.4, -0.2) is 40.2 Å². The van der Waals surface area contributed by atoms with Gasteiger partial charge in [-0.05, 0) is 13.3 Å². The molecule has 2 atom stereocenters. The summed E-state index contributed by atoms with van der Waals surface area (Å²) in [6.07, 6.45) is 1.99. The highest BCUT2D eigenvalue weighted by atomic mass is 16.6. The van der Waals surface area contributed by atoms with E-state index in [1.807, 2.05) is 6.92 Å². The topological polar surface area (TPSA) is 115 Å². The minimum absolute atomic E-state index is 0.0422. The zero-order valence-electron chi connectivity index (χ0n) is 10.9. The molecule has 8 nitrogen and oxygen atoms in total. The summed E-state index contributed by atoms with van der Waals surface area (Å²) < 4.78 is 5.27. The fourth-order valence-electron chi connectivity index (χ4n) is 2.10. The number of carbonyl (C=O) groups is 1. The van der Waals surface area contributed by atoms with Crippen LogP contribution < -0.4 is 5.32 Å². The van der Waals surface area contributed by atoms with Crippen molar-refractivity contribution in [2.45, 2.75) is 19.4 Å². The van der Waals surface area contributed by atoms with Crippen molar-refractivity contribution in [3.63, 3.8) is 0 Å². The lowest BCUT2D eigenvalue weighted by atomic mass is 10.0. The second kappa shape index (κ2) is 5.83. The summed E-state index contributed by atoms with van der Waals surface area (Å²) in [4.78, 5) is 25.0. The zero-order valence-corrected chi connectivity index (χ0v) is 10.9. The Morgan fingerprint density at radius 3 is 3.00 bits per heavy atom. The van der Waals surface area contributed by atoms with Crippen LogP contribution in [0.15, 0.2) is 12.3 Å². The van der Waals surface area contributed by atoms with Gasteiger partial charge < -0.3 is 15.2 Å². The van der Waals surface area contributed by atoms with E-state index in [1.54, 1.807) is 0 Å². The molecule has 1 aromatic heterocycles. The molecule has 1 aromatic rings. The normalized spacial score (nSPS) is 19.6. The van der Waals surface area contributed by atoms with E-state index in [-0.39, 0.29) is 29.0 Å². The number of ether oxygens (including phenoxy) is 1. The second-order valence-electron chi connectivity index (χ2n) is 4.71. The summed E-state index contributed by atoms with van der Waals surface area (Å²) in [5.74, 6) is -0.903. The molecule has 20 heavy (non-hydrogen) atoms. The molecule has 0 spiro atoms. The Labute approximate surface area is 114 Å². The summed E-state index contributed by atoms with van der Waals surface area (Å²) in [6.45, 7) is 3.19. The Bertz CT molecular complexity index is 528. The molecule has 0 aromatic carbocycles. The lowest BCUT2D eigenvalue weighted by Crippen LogP contribution is -2.27. The van der Waals surface area contributed by atoms with Gasteiger partial charge >= 0.3 is 11.7 Å². The van der Waals surface area contributed by atoms with Crippen molar-refractivity contribution in [1.82, 2.24) is 4.98 Å². The Hall–Kier alpha value is -2.22. The van der Waals surface area contributed by atoms with Crippen molar-refractivity contribution in [3.8, 4) is 0 Å². The van der Waals surface area contributed by atoms with Crippen LogP contribution in [-0.2, 0) is 4.74 Å². The molecule has 0 radical (unpaired) electrons. The maximum Gasteiger partial charge on any atom is 0.337 e. The smallest absolute Gasteiger partial charge is 0.337 e. The number of hydrogen-bond acceptors (Lipinski definition) is 6. The summed E-state index contributed by atoms with van der Waals surface area (Å²) >= 11 is 0.